The van der Waals surface area contributed by atoms with E-state index in [4.69, 9.17) is 0 Å². The van der Waals surface area contributed by atoms with Crippen LogP contribution < -0.4 is 4.57 Å². The van der Waals surface area contributed by atoms with Crippen molar-refractivity contribution in [2.75, 3.05) is 0 Å². The Morgan fingerprint density at radius 3 is 2.26 bits per heavy atom. The summed E-state index contributed by atoms with van der Waals surface area (Å²) in [6.45, 7) is 2.16. The third kappa shape index (κ3) is 3.81. The Balaban J connectivity index is 0.00000241. The van der Waals surface area contributed by atoms with Gasteiger partial charge in [0.05, 0.1) is 7.05 Å². The summed E-state index contributed by atoms with van der Waals surface area (Å²) in [5.74, 6) is 1.11. The summed E-state index contributed by atoms with van der Waals surface area (Å²) in [4.78, 5) is 0. The van der Waals surface area contributed by atoms with E-state index in [-0.39, 0.29) is 32.7 Å². The zero-order chi connectivity index (χ0) is 22.4. The number of aryl methyl sites for hydroxylation is 2. The van der Waals surface area contributed by atoms with Crippen molar-refractivity contribution in [3.63, 3.8) is 0 Å². The maximum Gasteiger partial charge on any atom is 0.229 e. The molecule has 0 atom stereocenters. The van der Waals surface area contributed by atoms with Crippen molar-refractivity contribution < 1.29 is 37.3 Å². The molecule has 0 fully saturated rings. The fourth-order valence-electron chi connectivity index (χ4n) is 4.67. The molecule has 1 heterocycles. The normalized spacial score (nSPS) is 11.0. The van der Waals surface area contributed by atoms with E-state index in [0.29, 0.717) is 0 Å². The van der Waals surface area contributed by atoms with Crippen molar-refractivity contribution in [2.24, 2.45) is 7.05 Å². The molecule has 0 aliphatic heterocycles. The number of benzene rings is 5. The monoisotopic (exact) mass is 512 g/mol. The van der Waals surface area contributed by atoms with Gasteiger partial charge in [-0.25, -0.2) is 10.1 Å². The van der Waals surface area contributed by atoms with Crippen LogP contribution in [0.25, 0.3) is 50.0 Å². The van der Waals surface area contributed by atoms with Crippen molar-refractivity contribution in [1.82, 2.24) is 4.57 Å². The van der Waals surface area contributed by atoms with Crippen molar-refractivity contribution in [3.8, 4) is 28.2 Å². The number of para-hydroxylation sites is 3. The standard InChI is InChI=1S/C31H23N2.Y/c1-22-16-17-26(25-19-18-23-10-6-7-11-24(23)20-25)21-28(22)31-32(2)29-14-8-9-15-30(29)33(31)27-12-4-3-5-13-27;/h3-18,20H,1-2H3;/q-1;. The first-order valence-corrected chi connectivity index (χ1v) is 11.2. The van der Waals surface area contributed by atoms with Crippen LogP contribution in [-0.2, 0) is 39.8 Å². The van der Waals surface area contributed by atoms with Gasteiger partial charge in [-0.1, -0.05) is 61.5 Å². The van der Waals surface area contributed by atoms with E-state index >= 15 is 0 Å². The summed E-state index contributed by atoms with van der Waals surface area (Å²) in [5.41, 5.74) is 7.89. The molecule has 6 aromatic rings. The second kappa shape index (κ2) is 9.29. The molecule has 6 rings (SSSR count). The Morgan fingerprint density at radius 1 is 0.735 bits per heavy atom. The molecule has 0 spiro atoms. The molecular formula is C31H23N2Y-. The van der Waals surface area contributed by atoms with E-state index in [1.165, 1.54) is 27.4 Å². The minimum atomic E-state index is 0. The fraction of sp³-hybridized carbons (Fsp3) is 0.0645. The Labute approximate surface area is 225 Å². The van der Waals surface area contributed by atoms with Crippen molar-refractivity contribution in [3.05, 3.63) is 121 Å². The van der Waals surface area contributed by atoms with Crippen LogP contribution in [0.1, 0.15) is 5.56 Å². The van der Waals surface area contributed by atoms with Crippen LogP contribution in [0.3, 0.4) is 0 Å². The molecule has 5 aromatic carbocycles. The molecule has 0 saturated heterocycles. The van der Waals surface area contributed by atoms with Gasteiger partial charge < -0.3 is 0 Å². The van der Waals surface area contributed by atoms with Gasteiger partial charge in [-0.05, 0) is 29.8 Å². The van der Waals surface area contributed by atoms with Crippen molar-refractivity contribution >= 4 is 21.8 Å². The minimum Gasteiger partial charge on any atom is -0.258 e. The van der Waals surface area contributed by atoms with Gasteiger partial charge in [0.2, 0.25) is 5.82 Å². The van der Waals surface area contributed by atoms with E-state index in [9.17, 15) is 0 Å². The second-order valence-electron chi connectivity index (χ2n) is 8.45. The van der Waals surface area contributed by atoms with E-state index < -0.39 is 0 Å². The van der Waals surface area contributed by atoms with Crippen LogP contribution in [0.4, 0.5) is 0 Å². The first-order chi connectivity index (χ1) is 16.2. The van der Waals surface area contributed by atoms with Crippen LogP contribution in [0.15, 0.2) is 103 Å². The number of fused-ring (bicyclic) bond motifs is 2. The Bertz CT molecular complexity index is 1630. The number of imidazole rings is 1. The number of hydrogen-bond donors (Lipinski definition) is 0. The van der Waals surface area contributed by atoms with Gasteiger partial charge in [0, 0.05) is 32.7 Å². The first kappa shape index (κ1) is 22.7. The Hall–Kier alpha value is -3.07. The average Bonchev–Trinajstić information content (AvgIpc) is 3.17. The third-order valence-electron chi connectivity index (χ3n) is 6.37. The molecule has 0 saturated carbocycles. The molecule has 0 aliphatic carbocycles. The molecule has 0 unspecified atom stereocenters. The summed E-state index contributed by atoms with van der Waals surface area (Å²) >= 11 is 0. The van der Waals surface area contributed by atoms with Gasteiger partial charge in [-0.3, -0.25) is 4.57 Å². The zero-order valence-corrected chi connectivity index (χ0v) is 22.1. The maximum absolute atomic E-state index is 3.75. The van der Waals surface area contributed by atoms with Crippen LogP contribution in [0, 0.1) is 19.1 Å². The number of nitrogens with zero attached hydrogens (tertiary/aromatic N) is 2. The van der Waals surface area contributed by atoms with Gasteiger partial charge in [0.1, 0.15) is 5.69 Å². The third-order valence-corrected chi connectivity index (χ3v) is 6.37. The van der Waals surface area contributed by atoms with E-state index in [2.05, 4.69) is 138 Å². The molecule has 3 heteroatoms. The van der Waals surface area contributed by atoms with Gasteiger partial charge >= 0.3 is 0 Å². The summed E-state index contributed by atoms with van der Waals surface area (Å²) in [7, 11) is 2.14. The summed E-state index contributed by atoms with van der Waals surface area (Å²) < 4.78 is 4.61. The maximum atomic E-state index is 3.75. The van der Waals surface area contributed by atoms with Crippen LogP contribution in [-0.4, -0.2) is 4.57 Å². The molecule has 2 nitrogen and oxygen atoms in total. The number of rotatable bonds is 3. The largest absolute Gasteiger partial charge is 0.258 e. The minimum absolute atomic E-state index is 0. The van der Waals surface area contributed by atoms with E-state index in [1.54, 1.807) is 0 Å². The topological polar surface area (TPSA) is 8.81 Å². The second-order valence-corrected chi connectivity index (χ2v) is 8.45. The predicted molar refractivity (Wildman–Crippen MR) is 135 cm³/mol. The predicted octanol–water partition coefficient (Wildman–Crippen LogP) is 6.85. The van der Waals surface area contributed by atoms with E-state index in [1.807, 2.05) is 0 Å². The quantitative estimate of drug-likeness (QED) is 0.181. The molecule has 0 amide bonds. The van der Waals surface area contributed by atoms with Gasteiger partial charge in [0.15, 0.2) is 11.0 Å². The van der Waals surface area contributed by atoms with Gasteiger partial charge in [0.25, 0.3) is 0 Å². The molecule has 34 heavy (non-hydrogen) atoms. The number of aromatic nitrogens is 2. The molecule has 1 radical (unpaired) electrons. The SMILES string of the molecule is Cc1ccc(-c2[c-]cc3ccccc3c2)[c-]c1-c1n(-c2ccccc2)c2ccccc2[n+]1C.[Y]. The fourth-order valence-corrected chi connectivity index (χ4v) is 4.67. The number of hydrogen-bond acceptors (Lipinski definition) is 0. The Morgan fingerprint density at radius 2 is 1.44 bits per heavy atom. The summed E-state index contributed by atoms with van der Waals surface area (Å²) in [6, 6.07) is 43.3. The van der Waals surface area contributed by atoms with E-state index in [0.717, 1.165) is 28.2 Å². The van der Waals surface area contributed by atoms with Crippen LogP contribution >= 0.6 is 0 Å². The smallest absolute Gasteiger partial charge is 0.229 e. The first-order valence-electron chi connectivity index (χ1n) is 11.2. The molecule has 0 aliphatic rings. The Kier molecular flexibility index (Phi) is 6.21. The zero-order valence-electron chi connectivity index (χ0n) is 19.3. The van der Waals surface area contributed by atoms with Crippen LogP contribution in [0.5, 0.6) is 0 Å². The van der Waals surface area contributed by atoms with Gasteiger partial charge in [-0.2, -0.15) is 29.8 Å². The summed E-state index contributed by atoms with van der Waals surface area (Å²) in [5, 5.41) is 2.41. The molecular weight excluding hydrogens is 489 g/mol. The van der Waals surface area contributed by atoms with Crippen molar-refractivity contribution in [1.29, 1.82) is 0 Å². The molecule has 161 valence electrons. The van der Waals surface area contributed by atoms with Crippen molar-refractivity contribution in [2.45, 2.75) is 6.92 Å². The van der Waals surface area contributed by atoms with Crippen LogP contribution in [0.2, 0.25) is 0 Å². The summed E-state index contributed by atoms with van der Waals surface area (Å²) in [6.07, 6.45) is 0. The van der Waals surface area contributed by atoms with Gasteiger partial charge in [-0.15, -0.1) is 28.5 Å². The molecule has 0 bridgehead atoms. The average molecular weight is 512 g/mol. The molecule has 0 N–H and O–H groups in total. The molecule has 1 aromatic heterocycles.